The number of carbonyl (C=O) groups is 1. The molecule has 6 heteroatoms. The Hall–Kier alpha value is -0.780. The molecule has 0 aliphatic rings. The standard InChI is InChI=1S/C14H20BrClN2O2/c1-4-17-9(3)6-13(19)18-12-8-10(16)7-11(15)14(12)20-5-2/h7-9,17H,4-6H2,1-3H3,(H,18,19). The molecule has 1 rings (SSSR count). The van der Waals surface area contributed by atoms with E-state index in [1.54, 1.807) is 12.1 Å². The minimum atomic E-state index is -0.0754. The fourth-order valence-electron chi connectivity index (χ4n) is 1.84. The molecule has 1 unspecified atom stereocenters. The smallest absolute Gasteiger partial charge is 0.226 e. The van der Waals surface area contributed by atoms with Crippen molar-refractivity contribution in [2.45, 2.75) is 33.2 Å². The Morgan fingerprint density at radius 1 is 1.45 bits per heavy atom. The van der Waals surface area contributed by atoms with Gasteiger partial charge in [-0.05, 0) is 48.5 Å². The largest absolute Gasteiger partial charge is 0.491 e. The third-order valence-corrected chi connectivity index (χ3v) is 3.42. The van der Waals surface area contributed by atoms with Gasteiger partial charge in [-0.25, -0.2) is 0 Å². The van der Waals surface area contributed by atoms with Crippen molar-refractivity contribution in [3.63, 3.8) is 0 Å². The minimum Gasteiger partial charge on any atom is -0.491 e. The van der Waals surface area contributed by atoms with Gasteiger partial charge in [0.2, 0.25) is 5.91 Å². The number of halogens is 2. The number of ether oxygens (including phenoxy) is 1. The predicted octanol–water partition coefficient (Wildman–Crippen LogP) is 3.83. The average Bonchev–Trinajstić information content (AvgIpc) is 2.33. The zero-order valence-electron chi connectivity index (χ0n) is 11.9. The summed E-state index contributed by atoms with van der Waals surface area (Å²) in [5.74, 6) is 0.523. The lowest BCUT2D eigenvalue weighted by Gasteiger charge is -2.16. The van der Waals surface area contributed by atoms with Crippen molar-refractivity contribution < 1.29 is 9.53 Å². The lowest BCUT2D eigenvalue weighted by atomic mass is 10.2. The zero-order chi connectivity index (χ0) is 15.1. The van der Waals surface area contributed by atoms with Crippen LogP contribution in [0.5, 0.6) is 5.75 Å². The first-order chi connectivity index (χ1) is 9.47. The van der Waals surface area contributed by atoms with Gasteiger partial charge in [0.25, 0.3) is 0 Å². The normalized spacial score (nSPS) is 12.1. The van der Waals surface area contributed by atoms with Gasteiger partial charge in [-0.3, -0.25) is 4.79 Å². The van der Waals surface area contributed by atoms with E-state index in [0.29, 0.717) is 29.5 Å². The molecule has 1 aromatic carbocycles. The summed E-state index contributed by atoms with van der Waals surface area (Å²) in [6.45, 7) is 7.22. The molecule has 1 atom stereocenters. The van der Waals surface area contributed by atoms with E-state index in [4.69, 9.17) is 16.3 Å². The van der Waals surface area contributed by atoms with Gasteiger partial charge in [0.05, 0.1) is 16.8 Å². The molecule has 0 aliphatic heterocycles. The SMILES string of the molecule is CCNC(C)CC(=O)Nc1cc(Cl)cc(Br)c1OCC. The molecule has 20 heavy (non-hydrogen) atoms. The van der Waals surface area contributed by atoms with Crippen molar-refractivity contribution in [2.24, 2.45) is 0 Å². The number of anilines is 1. The van der Waals surface area contributed by atoms with Gasteiger partial charge in [-0.15, -0.1) is 0 Å². The zero-order valence-corrected chi connectivity index (χ0v) is 14.3. The summed E-state index contributed by atoms with van der Waals surface area (Å²) in [5.41, 5.74) is 0.583. The third-order valence-electron chi connectivity index (χ3n) is 2.62. The molecule has 0 saturated carbocycles. The average molecular weight is 364 g/mol. The van der Waals surface area contributed by atoms with E-state index in [1.165, 1.54) is 0 Å². The highest BCUT2D eigenvalue weighted by molar-refractivity contribution is 9.10. The Labute approximate surface area is 133 Å². The predicted molar refractivity (Wildman–Crippen MR) is 86.7 cm³/mol. The van der Waals surface area contributed by atoms with Gasteiger partial charge in [0, 0.05) is 17.5 Å². The number of rotatable bonds is 7. The van der Waals surface area contributed by atoms with Gasteiger partial charge in [-0.2, -0.15) is 0 Å². The molecule has 0 heterocycles. The number of carbonyl (C=O) groups excluding carboxylic acids is 1. The minimum absolute atomic E-state index is 0.0754. The first-order valence-corrected chi connectivity index (χ1v) is 7.80. The Bertz CT molecular complexity index is 469. The van der Waals surface area contributed by atoms with E-state index >= 15 is 0 Å². The summed E-state index contributed by atoms with van der Waals surface area (Å²) in [6, 6.07) is 3.55. The maximum Gasteiger partial charge on any atom is 0.226 e. The highest BCUT2D eigenvalue weighted by Gasteiger charge is 2.14. The van der Waals surface area contributed by atoms with Crippen molar-refractivity contribution in [3.8, 4) is 5.75 Å². The molecular formula is C14H20BrClN2O2. The molecule has 0 spiro atoms. The van der Waals surface area contributed by atoms with Crippen molar-refractivity contribution in [2.75, 3.05) is 18.5 Å². The van der Waals surface area contributed by atoms with E-state index in [2.05, 4.69) is 26.6 Å². The molecule has 0 radical (unpaired) electrons. The number of hydrogen-bond donors (Lipinski definition) is 2. The summed E-state index contributed by atoms with van der Waals surface area (Å²) in [4.78, 5) is 12.0. The Balaban J connectivity index is 2.82. The number of benzene rings is 1. The Morgan fingerprint density at radius 3 is 2.75 bits per heavy atom. The number of amides is 1. The Kier molecular flexibility index (Phi) is 7.34. The van der Waals surface area contributed by atoms with E-state index < -0.39 is 0 Å². The van der Waals surface area contributed by atoms with Gasteiger partial charge in [0.15, 0.2) is 5.75 Å². The van der Waals surface area contributed by atoms with Crippen molar-refractivity contribution in [1.82, 2.24) is 5.32 Å². The first kappa shape index (κ1) is 17.3. The summed E-state index contributed by atoms with van der Waals surface area (Å²) in [5, 5.41) is 6.58. The van der Waals surface area contributed by atoms with Crippen LogP contribution in [0.4, 0.5) is 5.69 Å². The molecule has 0 aromatic heterocycles. The van der Waals surface area contributed by atoms with Crippen molar-refractivity contribution in [1.29, 1.82) is 0 Å². The molecule has 4 nitrogen and oxygen atoms in total. The van der Waals surface area contributed by atoms with E-state index in [1.807, 2.05) is 20.8 Å². The van der Waals surface area contributed by atoms with Gasteiger partial charge in [-0.1, -0.05) is 18.5 Å². The van der Waals surface area contributed by atoms with Crippen LogP contribution in [0, 0.1) is 0 Å². The molecule has 0 fully saturated rings. The number of hydrogen-bond acceptors (Lipinski definition) is 3. The third kappa shape index (κ3) is 5.31. The van der Waals surface area contributed by atoms with Gasteiger partial charge >= 0.3 is 0 Å². The first-order valence-electron chi connectivity index (χ1n) is 6.63. The second-order valence-corrected chi connectivity index (χ2v) is 5.70. The lowest BCUT2D eigenvalue weighted by molar-refractivity contribution is -0.116. The van der Waals surface area contributed by atoms with Crippen molar-refractivity contribution in [3.05, 3.63) is 21.6 Å². The van der Waals surface area contributed by atoms with Gasteiger partial charge in [0.1, 0.15) is 0 Å². The summed E-state index contributed by atoms with van der Waals surface area (Å²) in [7, 11) is 0. The molecule has 1 aromatic rings. The maximum atomic E-state index is 12.0. The van der Waals surface area contributed by atoms with Crippen LogP contribution in [0.3, 0.4) is 0 Å². The van der Waals surface area contributed by atoms with Crippen LogP contribution in [-0.2, 0) is 4.79 Å². The van der Waals surface area contributed by atoms with Crippen LogP contribution < -0.4 is 15.4 Å². The molecule has 0 bridgehead atoms. The number of nitrogens with one attached hydrogen (secondary N) is 2. The van der Waals surface area contributed by atoms with Crippen LogP contribution in [0.15, 0.2) is 16.6 Å². The van der Waals surface area contributed by atoms with Crippen LogP contribution in [-0.4, -0.2) is 25.1 Å². The monoisotopic (exact) mass is 362 g/mol. The fourth-order valence-corrected chi connectivity index (χ4v) is 2.77. The van der Waals surface area contributed by atoms with Crippen LogP contribution in [0.25, 0.3) is 0 Å². The fraction of sp³-hybridized carbons (Fsp3) is 0.500. The second-order valence-electron chi connectivity index (χ2n) is 4.41. The summed E-state index contributed by atoms with van der Waals surface area (Å²) >= 11 is 9.40. The Morgan fingerprint density at radius 2 is 2.15 bits per heavy atom. The molecule has 0 saturated heterocycles. The highest BCUT2D eigenvalue weighted by atomic mass is 79.9. The molecule has 1 amide bonds. The maximum absolute atomic E-state index is 12.0. The second kappa shape index (κ2) is 8.49. The topological polar surface area (TPSA) is 50.4 Å². The lowest BCUT2D eigenvalue weighted by Crippen LogP contribution is -2.30. The van der Waals surface area contributed by atoms with E-state index in [0.717, 1.165) is 11.0 Å². The highest BCUT2D eigenvalue weighted by Crippen LogP contribution is 2.36. The quantitative estimate of drug-likeness (QED) is 0.774. The van der Waals surface area contributed by atoms with Crippen LogP contribution >= 0.6 is 27.5 Å². The molecule has 112 valence electrons. The van der Waals surface area contributed by atoms with Crippen LogP contribution in [0.2, 0.25) is 5.02 Å². The molecular weight excluding hydrogens is 344 g/mol. The van der Waals surface area contributed by atoms with E-state index in [-0.39, 0.29) is 11.9 Å². The van der Waals surface area contributed by atoms with E-state index in [9.17, 15) is 4.79 Å². The molecule has 0 aliphatic carbocycles. The van der Waals surface area contributed by atoms with Crippen LogP contribution in [0.1, 0.15) is 27.2 Å². The summed E-state index contributed by atoms with van der Waals surface area (Å²) < 4.78 is 6.26. The summed E-state index contributed by atoms with van der Waals surface area (Å²) in [6.07, 6.45) is 0.392. The van der Waals surface area contributed by atoms with Crippen molar-refractivity contribution >= 4 is 39.1 Å². The molecule has 2 N–H and O–H groups in total. The van der Waals surface area contributed by atoms with Gasteiger partial charge < -0.3 is 15.4 Å².